The van der Waals surface area contributed by atoms with Gasteiger partial charge in [-0.15, -0.1) is 11.8 Å². The molecule has 1 rings (SSSR count). The van der Waals surface area contributed by atoms with Crippen molar-refractivity contribution in [3.8, 4) is 5.75 Å². The fourth-order valence-corrected chi connectivity index (χ4v) is 3.96. The molecule has 5 heteroatoms. The third kappa shape index (κ3) is 5.76. The first-order valence-electron chi connectivity index (χ1n) is 7.86. The average molecular weight is 342 g/mol. The molecule has 22 heavy (non-hydrogen) atoms. The molecule has 0 aliphatic heterocycles. The SMILES string of the molecule is CCCCN(c1ccc(OC)cc1)C(SCC)C(=O)SCC. The minimum atomic E-state index is -0.116. The number of unbranched alkanes of at least 4 members (excludes halogenated alkanes) is 1. The summed E-state index contributed by atoms with van der Waals surface area (Å²) in [6.07, 6.45) is 2.20. The lowest BCUT2D eigenvalue weighted by Gasteiger charge is -2.32. The highest BCUT2D eigenvalue weighted by Crippen LogP contribution is 2.29. The van der Waals surface area contributed by atoms with Crippen LogP contribution in [0.3, 0.4) is 0 Å². The highest BCUT2D eigenvalue weighted by molar-refractivity contribution is 8.16. The monoisotopic (exact) mass is 341 g/mol. The van der Waals surface area contributed by atoms with Crippen molar-refractivity contribution in [2.75, 3.05) is 30.1 Å². The molecular formula is C17H27NO2S2. The first-order chi connectivity index (χ1) is 10.7. The zero-order chi connectivity index (χ0) is 16.4. The van der Waals surface area contributed by atoms with Gasteiger partial charge in [0.15, 0.2) is 0 Å². The molecule has 1 aromatic carbocycles. The van der Waals surface area contributed by atoms with E-state index in [-0.39, 0.29) is 10.5 Å². The summed E-state index contributed by atoms with van der Waals surface area (Å²) in [6, 6.07) is 8.00. The fourth-order valence-electron chi connectivity index (χ4n) is 2.14. The van der Waals surface area contributed by atoms with E-state index >= 15 is 0 Å². The quantitative estimate of drug-likeness (QED) is 0.577. The number of thioether (sulfide) groups is 2. The van der Waals surface area contributed by atoms with Gasteiger partial charge in [-0.05, 0) is 42.2 Å². The van der Waals surface area contributed by atoms with Crippen LogP contribution in [0.2, 0.25) is 0 Å². The van der Waals surface area contributed by atoms with Crippen LogP contribution in [-0.2, 0) is 4.79 Å². The molecule has 0 spiro atoms. The van der Waals surface area contributed by atoms with Gasteiger partial charge in [-0.3, -0.25) is 4.79 Å². The van der Waals surface area contributed by atoms with E-state index in [1.807, 2.05) is 31.2 Å². The van der Waals surface area contributed by atoms with Crippen molar-refractivity contribution in [2.24, 2.45) is 0 Å². The highest BCUT2D eigenvalue weighted by Gasteiger charge is 2.25. The average Bonchev–Trinajstić information content (AvgIpc) is 2.54. The number of benzene rings is 1. The number of carbonyl (C=O) groups excluding carboxylic acids is 1. The summed E-state index contributed by atoms with van der Waals surface area (Å²) in [5, 5.41) is 0.135. The number of ether oxygens (including phenoxy) is 1. The second-order valence-corrected chi connectivity index (χ2v) is 7.43. The minimum Gasteiger partial charge on any atom is -0.497 e. The largest absolute Gasteiger partial charge is 0.497 e. The van der Waals surface area contributed by atoms with Crippen LogP contribution in [0.1, 0.15) is 33.6 Å². The number of carbonyl (C=O) groups is 1. The van der Waals surface area contributed by atoms with Crippen molar-refractivity contribution < 1.29 is 9.53 Å². The first-order valence-corrected chi connectivity index (χ1v) is 9.90. The molecule has 0 bridgehead atoms. The summed E-state index contributed by atoms with van der Waals surface area (Å²) < 4.78 is 5.23. The van der Waals surface area contributed by atoms with Gasteiger partial charge in [-0.25, -0.2) is 0 Å². The number of hydrogen-bond acceptors (Lipinski definition) is 5. The van der Waals surface area contributed by atoms with Crippen molar-refractivity contribution >= 4 is 34.3 Å². The van der Waals surface area contributed by atoms with Crippen LogP contribution >= 0.6 is 23.5 Å². The van der Waals surface area contributed by atoms with E-state index in [1.54, 1.807) is 18.9 Å². The molecule has 0 N–H and O–H groups in total. The van der Waals surface area contributed by atoms with E-state index in [2.05, 4.69) is 18.7 Å². The second kappa shape index (κ2) is 10.8. The molecule has 0 fully saturated rings. The number of hydrogen-bond donors (Lipinski definition) is 0. The van der Waals surface area contributed by atoms with Gasteiger partial charge in [-0.1, -0.05) is 39.0 Å². The zero-order valence-electron chi connectivity index (χ0n) is 14.0. The van der Waals surface area contributed by atoms with Gasteiger partial charge in [-0.2, -0.15) is 0 Å². The van der Waals surface area contributed by atoms with E-state index < -0.39 is 0 Å². The maximum atomic E-state index is 12.5. The minimum absolute atomic E-state index is 0.116. The van der Waals surface area contributed by atoms with Crippen LogP contribution in [0.5, 0.6) is 5.75 Å². The van der Waals surface area contributed by atoms with Gasteiger partial charge in [0.1, 0.15) is 11.1 Å². The summed E-state index contributed by atoms with van der Waals surface area (Å²) in [7, 11) is 1.67. The third-order valence-corrected chi connectivity index (χ3v) is 5.32. The number of methoxy groups -OCH3 is 1. The fraction of sp³-hybridized carbons (Fsp3) is 0.588. The standard InChI is InChI=1S/C17H27NO2S2/c1-5-8-13-18(14-9-11-15(20-4)12-10-14)16(21-6-2)17(19)22-7-3/h9-12,16H,5-8,13H2,1-4H3. The Morgan fingerprint density at radius 1 is 1.18 bits per heavy atom. The van der Waals surface area contributed by atoms with Gasteiger partial charge in [0.05, 0.1) is 7.11 Å². The van der Waals surface area contributed by atoms with Gasteiger partial charge >= 0.3 is 0 Å². The Bertz CT molecular complexity index is 437. The summed E-state index contributed by atoms with van der Waals surface area (Å²) in [5.74, 6) is 2.59. The normalized spacial score (nSPS) is 12.0. The Labute approximate surface area is 143 Å². The predicted molar refractivity (Wildman–Crippen MR) is 100 cm³/mol. The smallest absolute Gasteiger partial charge is 0.221 e. The van der Waals surface area contributed by atoms with Crippen LogP contribution < -0.4 is 9.64 Å². The van der Waals surface area contributed by atoms with Crippen molar-refractivity contribution in [1.29, 1.82) is 0 Å². The lowest BCUT2D eigenvalue weighted by Crippen LogP contribution is -2.39. The topological polar surface area (TPSA) is 29.5 Å². The molecule has 0 aliphatic rings. The molecule has 0 aromatic heterocycles. The van der Waals surface area contributed by atoms with Crippen LogP contribution in [0.4, 0.5) is 5.69 Å². The van der Waals surface area contributed by atoms with Crippen molar-refractivity contribution in [2.45, 2.75) is 39.0 Å². The van der Waals surface area contributed by atoms with Crippen molar-refractivity contribution in [1.82, 2.24) is 0 Å². The number of rotatable bonds is 10. The first kappa shape index (κ1) is 19.2. The Balaban J connectivity index is 3.02. The summed E-state index contributed by atoms with van der Waals surface area (Å²) >= 11 is 3.13. The molecule has 1 atom stereocenters. The molecule has 0 saturated heterocycles. The lowest BCUT2D eigenvalue weighted by molar-refractivity contribution is -0.110. The Kier molecular flexibility index (Phi) is 9.48. The Morgan fingerprint density at radius 3 is 2.36 bits per heavy atom. The van der Waals surface area contributed by atoms with Gasteiger partial charge in [0.25, 0.3) is 0 Å². The molecule has 0 radical (unpaired) electrons. The number of nitrogens with zero attached hydrogens (tertiary/aromatic N) is 1. The Morgan fingerprint density at radius 2 is 1.86 bits per heavy atom. The molecule has 1 unspecified atom stereocenters. The van der Waals surface area contributed by atoms with E-state index in [9.17, 15) is 4.79 Å². The molecule has 0 aliphatic carbocycles. The maximum absolute atomic E-state index is 12.5. The summed E-state index contributed by atoms with van der Waals surface area (Å²) in [6.45, 7) is 7.21. The van der Waals surface area contributed by atoms with Gasteiger partial charge in [0.2, 0.25) is 5.12 Å². The molecule has 124 valence electrons. The van der Waals surface area contributed by atoms with Crippen LogP contribution in [0.15, 0.2) is 24.3 Å². The van der Waals surface area contributed by atoms with Crippen molar-refractivity contribution in [3.63, 3.8) is 0 Å². The van der Waals surface area contributed by atoms with E-state index in [1.165, 1.54) is 11.8 Å². The van der Waals surface area contributed by atoms with Crippen molar-refractivity contribution in [3.05, 3.63) is 24.3 Å². The lowest BCUT2D eigenvalue weighted by atomic mass is 10.2. The molecular weight excluding hydrogens is 314 g/mol. The Hall–Kier alpha value is -0.810. The van der Waals surface area contributed by atoms with E-state index in [0.29, 0.717) is 0 Å². The van der Waals surface area contributed by atoms with Crippen LogP contribution in [0.25, 0.3) is 0 Å². The van der Waals surface area contributed by atoms with Gasteiger partial charge in [0, 0.05) is 12.2 Å². The van der Waals surface area contributed by atoms with Crippen LogP contribution in [0, 0.1) is 0 Å². The molecule has 0 amide bonds. The highest BCUT2D eigenvalue weighted by atomic mass is 32.2. The van der Waals surface area contributed by atoms with Crippen LogP contribution in [-0.4, -0.2) is 35.6 Å². The summed E-state index contributed by atoms with van der Waals surface area (Å²) in [4.78, 5) is 14.7. The molecule has 1 aromatic rings. The summed E-state index contributed by atoms with van der Waals surface area (Å²) in [5.41, 5.74) is 1.09. The maximum Gasteiger partial charge on any atom is 0.221 e. The van der Waals surface area contributed by atoms with E-state index in [0.717, 1.165) is 42.3 Å². The number of anilines is 1. The molecule has 3 nitrogen and oxygen atoms in total. The van der Waals surface area contributed by atoms with Gasteiger partial charge < -0.3 is 9.64 Å². The third-order valence-electron chi connectivity index (χ3n) is 3.25. The second-order valence-electron chi connectivity index (χ2n) is 4.80. The molecule has 0 saturated carbocycles. The molecule has 0 heterocycles. The predicted octanol–water partition coefficient (Wildman–Crippen LogP) is 4.66. The zero-order valence-corrected chi connectivity index (χ0v) is 15.6. The van der Waals surface area contributed by atoms with E-state index in [4.69, 9.17) is 4.74 Å².